The molecule has 19 heavy (non-hydrogen) atoms. The Kier molecular flexibility index (Phi) is 4.03. The van der Waals surface area contributed by atoms with Gasteiger partial charge in [-0.1, -0.05) is 6.07 Å². The van der Waals surface area contributed by atoms with Crippen LogP contribution in [0.4, 0.5) is 5.69 Å². The summed E-state index contributed by atoms with van der Waals surface area (Å²) in [7, 11) is 1.50. The number of nitrogens with one attached hydrogen (secondary N) is 1. The number of nitrogens with two attached hydrogens (primary N) is 1. The Bertz CT molecular complexity index is 569. The Morgan fingerprint density at radius 3 is 2.84 bits per heavy atom. The van der Waals surface area contributed by atoms with Gasteiger partial charge in [-0.05, 0) is 23.6 Å². The van der Waals surface area contributed by atoms with Crippen molar-refractivity contribution in [2.45, 2.75) is 6.04 Å². The van der Waals surface area contributed by atoms with E-state index in [1.807, 2.05) is 11.4 Å². The van der Waals surface area contributed by atoms with Gasteiger partial charge in [-0.2, -0.15) is 0 Å². The van der Waals surface area contributed by atoms with E-state index in [0.717, 1.165) is 4.88 Å². The first-order valence-electron chi connectivity index (χ1n) is 5.58. The summed E-state index contributed by atoms with van der Waals surface area (Å²) in [5.41, 5.74) is 6.13. The number of hydrogen-bond donors (Lipinski definition) is 3. The Morgan fingerprint density at radius 1 is 1.47 bits per heavy atom. The first-order chi connectivity index (χ1) is 9.11. The van der Waals surface area contributed by atoms with E-state index >= 15 is 0 Å². The van der Waals surface area contributed by atoms with Crippen LogP contribution >= 0.6 is 11.3 Å². The molecular formula is C13H14N2O3S. The average molecular weight is 278 g/mol. The van der Waals surface area contributed by atoms with E-state index in [9.17, 15) is 9.90 Å². The number of phenolic OH excluding ortho intramolecular Hbond substituents is 1. The van der Waals surface area contributed by atoms with Crippen LogP contribution in [0.2, 0.25) is 0 Å². The maximum absolute atomic E-state index is 11.9. The van der Waals surface area contributed by atoms with Crippen LogP contribution in [0.25, 0.3) is 0 Å². The molecule has 1 aromatic carbocycles. The van der Waals surface area contributed by atoms with Gasteiger partial charge in [0, 0.05) is 10.9 Å². The van der Waals surface area contributed by atoms with Crippen molar-refractivity contribution in [2.24, 2.45) is 5.73 Å². The van der Waals surface area contributed by atoms with Gasteiger partial charge in [-0.15, -0.1) is 11.3 Å². The number of aromatic hydroxyl groups is 1. The van der Waals surface area contributed by atoms with E-state index in [1.54, 1.807) is 18.2 Å². The molecule has 100 valence electrons. The molecule has 0 fully saturated rings. The van der Waals surface area contributed by atoms with Crippen molar-refractivity contribution in [3.05, 3.63) is 40.6 Å². The molecule has 0 saturated carbocycles. The second-order valence-electron chi connectivity index (χ2n) is 3.87. The zero-order valence-electron chi connectivity index (χ0n) is 10.3. The summed E-state index contributed by atoms with van der Waals surface area (Å²) >= 11 is 1.41. The van der Waals surface area contributed by atoms with Crippen molar-refractivity contribution < 1.29 is 14.6 Å². The van der Waals surface area contributed by atoms with Gasteiger partial charge >= 0.3 is 0 Å². The number of phenols is 1. The Balaban J connectivity index is 2.11. The molecule has 1 amide bonds. The van der Waals surface area contributed by atoms with Crippen molar-refractivity contribution >= 4 is 22.9 Å². The van der Waals surface area contributed by atoms with Crippen molar-refractivity contribution in [3.63, 3.8) is 0 Å². The molecule has 1 atom stereocenters. The standard InChI is InChI=1S/C13H14N2O3S/c1-18-8-4-5-9(10(16)7-8)15-13(17)12(14)11-3-2-6-19-11/h2-7,12,16H,14H2,1H3,(H,15,17). The van der Waals surface area contributed by atoms with Crippen LogP contribution < -0.4 is 15.8 Å². The Labute approximate surface area is 114 Å². The van der Waals surface area contributed by atoms with Crippen molar-refractivity contribution in [3.8, 4) is 11.5 Å². The van der Waals surface area contributed by atoms with Crippen LogP contribution in [0.1, 0.15) is 10.9 Å². The Hall–Kier alpha value is -2.05. The van der Waals surface area contributed by atoms with Gasteiger partial charge in [0.05, 0.1) is 12.8 Å². The monoisotopic (exact) mass is 278 g/mol. The molecule has 1 heterocycles. The quantitative estimate of drug-likeness (QED) is 0.748. The minimum atomic E-state index is -0.749. The highest BCUT2D eigenvalue weighted by Crippen LogP contribution is 2.28. The molecule has 0 aliphatic carbocycles. The summed E-state index contributed by atoms with van der Waals surface area (Å²) in [5.74, 6) is 0.0760. The lowest BCUT2D eigenvalue weighted by Crippen LogP contribution is -2.26. The van der Waals surface area contributed by atoms with Crippen molar-refractivity contribution in [2.75, 3.05) is 12.4 Å². The molecule has 0 radical (unpaired) electrons. The fourth-order valence-corrected chi connectivity index (χ4v) is 2.28. The topological polar surface area (TPSA) is 84.6 Å². The number of hydrogen-bond acceptors (Lipinski definition) is 5. The van der Waals surface area contributed by atoms with Crippen LogP contribution in [0.5, 0.6) is 11.5 Å². The number of carbonyl (C=O) groups is 1. The number of methoxy groups -OCH3 is 1. The third kappa shape index (κ3) is 3.04. The van der Waals surface area contributed by atoms with Crippen LogP contribution in [0, 0.1) is 0 Å². The van der Waals surface area contributed by atoms with Crippen molar-refractivity contribution in [1.82, 2.24) is 0 Å². The summed E-state index contributed by atoms with van der Waals surface area (Å²) < 4.78 is 4.97. The third-order valence-corrected chi connectivity index (χ3v) is 3.55. The second-order valence-corrected chi connectivity index (χ2v) is 4.84. The molecule has 2 aromatic rings. The molecule has 0 saturated heterocycles. The molecule has 2 rings (SSSR count). The van der Waals surface area contributed by atoms with Crippen LogP contribution in [-0.2, 0) is 4.79 Å². The van der Waals surface area contributed by atoms with Crippen molar-refractivity contribution in [1.29, 1.82) is 0 Å². The van der Waals surface area contributed by atoms with E-state index in [1.165, 1.54) is 24.5 Å². The number of rotatable bonds is 4. The molecule has 0 aliphatic heterocycles. The summed E-state index contributed by atoms with van der Waals surface area (Å²) in [5, 5.41) is 14.2. The first kappa shape index (κ1) is 13.4. The lowest BCUT2D eigenvalue weighted by molar-refractivity contribution is -0.117. The summed E-state index contributed by atoms with van der Waals surface area (Å²) in [6, 6.07) is 7.51. The van der Waals surface area contributed by atoms with E-state index in [4.69, 9.17) is 10.5 Å². The van der Waals surface area contributed by atoms with E-state index < -0.39 is 6.04 Å². The maximum atomic E-state index is 11.9. The highest BCUT2D eigenvalue weighted by molar-refractivity contribution is 7.10. The van der Waals surface area contributed by atoms with Gasteiger partial charge in [0.1, 0.15) is 17.5 Å². The summed E-state index contributed by atoms with van der Waals surface area (Å²) in [6.45, 7) is 0. The fraction of sp³-hybridized carbons (Fsp3) is 0.154. The molecule has 0 spiro atoms. The number of anilines is 1. The smallest absolute Gasteiger partial charge is 0.246 e. The molecule has 1 aromatic heterocycles. The number of carbonyl (C=O) groups excluding carboxylic acids is 1. The number of amides is 1. The minimum absolute atomic E-state index is 0.0638. The zero-order valence-corrected chi connectivity index (χ0v) is 11.1. The SMILES string of the molecule is COc1ccc(NC(=O)C(N)c2cccs2)c(O)c1. The lowest BCUT2D eigenvalue weighted by atomic mass is 10.2. The van der Waals surface area contributed by atoms with Gasteiger partial charge in [0.25, 0.3) is 0 Å². The third-order valence-electron chi connectivity index (χ3n) is 2.59. The maximum Gasteiger partial charge on any atom is 0.246 e. The molecule has 0 aliphatic rings. The van der Waals surface area contributed by atoms with Gasteiger partial charge in [-0.25, -0.2) is 0 Å². The van der Waals surface area contributed by atoms with E-state index in [-0.39, 0.29) is 11.7 Å². The Morgan fingerprint density at radius 2 is 2.26 bits per heavy atom. The highest BCUT2D eigenvalue weighted by atomic mass is 32.1. The predicted octanol–water partition coefficient (Wildman–Crippen LogP) is 2.10. The van der Waals surface area contributed by atoms with Crippen LogP contribution in [0.3, 0.4) is 0 Å². The zero-order chi connectivity index (χ0) is 13.8. The largest absolute Gasteiger partial charge is 0.506 e. The lowest BCUT2D eigenvalue weighted by Gasteiger charge is -2.12. The van der Waals surface area contributed by atoms with Crippen LogP contribution in [0.15, 0.2) is 35.7 Å². The first-order valence-corrected chi connectivity index (χ1v) is 6.46. The molecule has 5 nitrogen and oxygen atoms in total. The molecule has 1 unspecified atom stereocenters. The van der Waals surface area contributed by atoms with E-state index in [0.29, 0.717) is 11.4 Å². The normalized spacial score (nSPS) is 11.9. The van der Waals surface area contributed by atoms with Gasteiger partial charge in [-0.3, -0.25) is 4.79 Å². The molecule has 4 N–H and O–H groups in total. The molecular weight excluding hydrogens is 264 g/mol. The van der Waals surface area contributed by atoms with E-state index in [2.05, 4.69) is 5.32 Å². The second kappa shape index (κ2) is 5.73. The minimum Gasteiger partial charge on any atom is -0.506 e. The molecule has 0 bridgehead atoms. The average Bonchev–Trinajstić information content (AvgIpc) is 2.94. The fourth-order valence-electron chi connectivity index (χ4n) is 1.55. The predicted molar refractivity (Wildman–Crippen MR) is 74.5 cm³/mol. The van der Waals surface area contributed by atoms with Crippen LogP contribution in [-0.4, -0.2) is 18.1 Å². The number of thiophene rings is 1. The van der Waals surface area contributed by atoms with Gasteiger partial charge in [0.2, 0.25) is 5.91 Å². The summed E-state index contributed by atoms with van der Waals surface area (Å²) in [4.78, 5) is 12.7. The summed E-state index contributed by atoms with van der Waals surface area (Å²) in [6.07, 6.45) is 0. The van der Waals surface area contributed by atoms with Gasteiger partial charge < -0.3 is 20.9 Å². The molecule has 6 heteroatoms. The number of ether oxygens (including phenoxy) is 1. The number of benzene rings is 1. The highest BCUT2D eigenvalue weighted by Gasteiger charge is 2.18. The van der Waals surface area contributed by atoms with Gasteiger partial charge in [0.15, 0.2) is 0 Å².